The van der Waals surface area contributed by atoms with Gasteiger partial charge in [-0.25, -0.2) is 19.6 Å². The molecule has 0 unspecified atom stereocenters. The lowest BCUT2D eigenvalue weighted by Crippen LogP contribution is -2.52. The van der Waals surface area contributed by atoms with Gasteiger partial charge in [-0.05, 0) is 37.8 Å². The fraction of sp³-hybridized carbons (Fsp3) is 0.345. The Morgan fingerprint density at radius 3 is 2.54 bits per heavy atom. The number of benzene rings is 2. The van der Waals surface area contributed by atoms with E-state index < -0.39 is 0 Å². The van der Waals surface area contributed by atoms with E-state index in [0.29, 0.717) is 18.4 Å². The van der Waals surface area contributed by atoms with Crippen molar-refractivity contribution in [3.63, 3.8) is 0 Å². The normalized spacial score (nSPS) is 20.7. The van der Waals surface area contributed by atoms with Crippen molar-refractivity contribution in [1.29, 1.82) is 0 Å². The molecule has 7 rings (SSSR count). The summed E-state index contributed by atoms with van der Waals surface area (Å²) in [6, 6.07) is 16.9. The number of likely N-dealkylation sites (N-methyl/N-ethyl adjacent to an activating group) is 1. The van der Waals surface area contributed by atoms with Gasteiger partial charge in [0.1, 0.15) is 23.7 Å². The molecule has 0 bridgehead atoms. The molecule has 1 saturated carbocycles. The topological polar surface area (TPSA) is 122 Å². The number of imidazole rings is 1. The fourth-order valence-electron chi connectivity index (χ4n) is 6.10. The maximum Gasteiger partial charge on any atom is 0.236 e. The lowest BCUT2D eigenvalue weighted by molar-refractivity contribution is -0.135. The van der Waals surface area contributed by atoms with E-state index in [9.17, 15) is 4.79 Å². The number of nitrogens with one attached hydrogen (secondary N) is 1. The first-order chi connectivity index (χ1) is 19.0. The number of nitrogens with two attached hydrogens (primary N) is 1. The molecule has 5 aromatic rings. The molecular weight excluding hydrogens is 490 g/mol. The number of carbonyl (C=O) groups is 1. The van der Waals surface area contributed by atoms with Crippen molar-refractivity contribution in [2.24, 2.45) is 0 Å². The zero-order chi connectivity index (χ0) is 26.5. The van der Waals surface area contributed by atoms with Gasteiger partial charge in [-0.2, -0.15) is 5.10 Å². The monoisotopic (exact) mass is 521 g/mol. The zero-order valence-corrected chi connectivity index (χ0v) is 21.9. The lowest BCUT2D eigenvalue weighted by atomic mass is 9.90. The van der Waals surface area contributed by atoms with Crippen LogP contribution in [0.3, 0.4) is 0 Å². The summed E-state index contributed by atoms with van der Waals surface area (Å²) in [6.07, 6.45) is 5.53. The Morgan fingerprint density at radius 1 is 0.949 bits per heavy atom. The Hall–Kier alpha value is -4.31. The van der Waals surface area contributed by atoms with Gasteiger partial charge in [0.05, 0.1) is 29.0 Å². The number of H-pyrrole nitrogens is 1. The molecule has 0 spiro atoms. The van der Waals surface area contributed by atoms with Crippen molar-refractivity contribution < 1.29 is 4.79 Å². The van der Waals surface area contributed by atoms with E-state index in [0.717, 1.165) is 83.5 Å². The molecule has 4 heterocycles. The van der Waals surface area contributed by atoms with Crippen LogP contribution in [0.25, 0.3) is 44.7 Å². The fourth-order valence-corrected chi connectivity index (χ4v) is 6.10. The molecule has 10 heteroatoms. The van der Waals surface area contributed by atoms with Gasteiger partial charge in [0.15, 0.2) is 5.65 Å². The largest absolute Gasteiger partial charge is 0.383 e. The van der Waals surface area contributed by atoms with Crippen LogP contribution in [-0.4, -0.2) is 78.1 Å². The first-order valence-corrected chi connectivity index (χ1v) is 13.6. The highest BCUT2D eigenvalue weighted by Crippen LogP contribution is 2.37. The molecule has 39 heavy (non-hydrogen) atoms. The molecule has 1 saturated heterocycles. The van der Waals surface area contributed by atoms with Crippen LogP contribution in [0.2, 0.25) is 0 Å². The van der Waals surface area contributed by atoms with E-state index in [1.807, 2.05) is 54.4 Å². The number of amides is 1. The number of rotatable bonds is 4. The van der Waals surface area contributed by atoms with Gasteiger partial charge in [0.25, 0.3) is 0 Å². The molecule has 1 amide bonds. The Labute approximate surface area is 225 Å². The van der Waals surface area contributed by atoms with Gasteiger partial charge in [-0.1, -0.05) is 36.4 Å². The van der Waals surface area contributed by atoms with Crippen molar-refractivity contribution in [1.82, 2.24) is 39.5 Å². The van der Waals surface area contributed by atoms with Gasteiger partial charge < -0.3 is 15.6 Å². The number of hydrogen-bond donors (Lipinski definition) is 2. The van der Waals surface area contributed by atoms with Crippen molar-refractivity contribution in [3.05, 3.63) is 54.9 Å². The molecule has 3 aromatic heterocycles. The summed E-state index contributed by atoms with van der Waals surface area (Å²) in [6.45, 7) is 2.26. The molecule has 1 aliphatic heterocycles. The van der Waals surface area contributed by atoms with E-state index in [1.54, 1.807) is 0 Å². The summed E-state index contributed by atoms with van der Waals surface area (Å²) in [7, 11) is 1.89. The first kappa shape index (κ1) is 23.8. The molecule has 3 N–H and O–H groups in total. The average Bonchev–Trinajstić information content (AvgIpc) is 3.58. The number of anilines is 1. The van der Waals surface area contributed by atoms with Gasteiger partial charge in [-0.15, -0.1) is 0 Å². The van der Waals surface area contributed by atoms with E-state index in [-0.39, 0.29) is 11.9 Å². The summed E-state index contributed by atoms with van der Waals surface area (Å²) in [5.41, 5.74) is 11.8. The molecule has 0 radical (unpaired) electrons. The Balaban J connectivity index is 1.20. The van der Waals surface area contributed by atoms with Crippen LogP contribution in [0, 0.1) is 0 Å². The predicted molar refractivity (Wildman–Crippen MR) is 151 cm³/mol. The molecule has 198 valence electrons. The summed E-state index contributed by atoms with van der Waals surface area (Å²) < 4.78 is 2.06. The third-order valence-electron chi connectivity index (χ3n) is 8.34. The minimum Gasteiger partial charge on any atom is -0.383 e. The Kier molecular flexibility index (Phi) is 5.77. The van der Waals surface area contributed by atoms with E-state index in [1.165, 1.54) is 6.33 Å². The summed E-state index contributed by atoms with van der Waals surface area (Å²) in [4.78, 5) is 33.6. The van der Waals surface area contributed by atoms with Gasteiger partial charge in [-0.3, -0.25) is 9.69 Å². The van der Waals surface area contributed by atoms with E-state index in [2.05, 4.69) is 30.6 Å². The third-order valence-corrected chi connectivity index (χ3v) is 8.34. The number of piperazine rings is 1. The van der Waals surface area contributed by atoms with Crippen molar-refractivity contribution in [2.75, 3.05) is 32.4 Å². The summed E-state index contributed by atoms with van der Waals surface area (Å²) in [5.74, 6) is 1.48. The Morgan fingerprint density at radius 2 is 1.74 bits per heavy atom. The Bertz CT molecular complexity index is 1670. The number of nitrogen functional groups attached to an aromatic ring is 1. The van der Waals surface area contributed by atoms with Crippen LogP contribution in [0.15, 0.2) is 54.9 Å². The number of aromatic amines is 1. The van der Waals surface area contributed by atoms with Crippen molar-refractivity contribution >= 4 is 33.8 Å². The van der Waals surface area contributed by atoms with E-state index >= 15 is 0 Å². The van der Waals surface area contributed by atoms with E-state index in [4.69, 9.17) is 15.8 Å². The lowest BCUT2D eigenvalue weighted by Gasteiger charge is -2.40. The van der Waals surface area contributed by atoms with Gasteiger partial charge in [0, 0.05) is 37.3 Å². The minimum atomic E-state index is 0.211. The molecule has 2 aliphatic rings. The highest BCUT2D eigenvalue weighted by atomic mass is 16.2. The molecule has 0 atom stereocenters. The van der Waals surface area contributed by atoms with Gasteiger partial charge >= 0.3 is 0 Å². The SMILES string of the molecule is CN1CCN(C2CCC(n3nc(-c4ccc5nc(-c6ccccc6)[nH]c5c4)c4c(N)ncnc43)CC2)CC1=O. The molecule has 2 fully saturated rings. The van der Waals surface area contributed by atoms with Crippen LogP contribution < -0.4 is 5.73 Å². The minimum absolute atomic E-state index is 0.211. The number of carbonyl (C=O) groups excluding carboxylic acids is 1. The zero-order valence-electron chi connectivity index (χ0n) is 21.9. The van der Waals surface area contributed by atoms with Crippen LogP contribution >= 0.6 is 0 Å². The smallest absolute Gasteiger partial charge is 0.236 e. The molecule has 10 nitrogen and oxygen atoms in total. The highest BCUT2D eigenvalue weighted by molar-refractivity contribution is 5.99. The van der Waals surface area contributed by atoms with Crippen LogP contribution in [0.1, 0.15) is 31.7 Å². The van der Waals surface area contributed by atoms with Crippen molar-refractivity contribution in [3.8, 4) is 22.6 Å². The summed E-state index contributed by atoms with van der Waals surface area (Å²) in [5, 5.41) is 5.88. The number of hydrogen-bond acceptors (Lipinski definition) is 7. The quantitative estimate of drug-likeness (QED) is 0.368. The second-order valence-corrected chi connectivity index (χ2v) is 10.7. The number of nitrogens with zero attached hydrogens (tertiary/aromatic N) is 7. The molecule has 1 aliphatic carbocycles. The maximum atomic E-state index is 12.2. The highest BCUT2D eigenvalue weighted by Gasteiger charge is 2.32. The second-order valence-electron chi connectivity index (χ2n) is 10.7. The number of fused-ring (bicyclic) bond motifs is 2. The van der Waals surface area contributed by atoms with Crippen LogP contribution in [-0.2, 0) is 4.79 Å². The first-order valence-electron chi connectivity index (χ1n) is 13.6. The van der Waals surface area contributed by atoms with Crippen LogP contribution in [0.5, 0.6) is 0 Å². The maximum absolute atomic E-state index is 12.2. The average molecular weight is 522 g/mol. The van der Waals surface area contributed by atoms with Crippen LogP contribution in [0.4, 0.5) is 5.82 Å². The van der Waals surface area contributed by atoms with Crippen molar-refractivity contribution in [2.45, 2.75) is 37.8 Å². The third kappa shape index (κ3) is 4.21. The van der Waals surface area contributed by atoms with Gasteiger partial charge in [0.2, 0.25) is 5.91 Å². The summed E-state index contributed by atoms with van der Waals surface area (Å²) >= 11 is 0. The second kappa shape index (κ2) is 9.46. The molecular formula is C29H31N9O. The molecule has 2 aromatic carbocycles. The standard InChI is InChI=1S/C29H31N9O/c1-36-13-14-37(16-24(36)39)20-8-10-21(11-9-20)38-29-25(27(30)31-17-32-29)26(35-38)19-7-12-22-23(15-19)34-28(33-22)18-5-3-2-4-6-18/h2-7,12,15,17,20-21H,8-11,13-14,16H2,1H3,(H,33,34)(H2,30,31,32). The number of aromatic nitrogens is 6. The predicted octanol–water partition coefficient (Wildman–Crippen LogP) is 3.88.